The summed E-state index contributed by atoms with van der Waals surface area (Å²) < 4.78 is 0.845. The van der Waals surface area contributed by atoms with Gasteiger partial charge in [-0.2, -0.15) is 0 Å². The summed E-state index contributed by atoms with van der Waals surface area (Å²) in [5.41, 5.74) is 0.549. The second-order valence-corrected chi connectivity index (χ2v) is 5.92. The van der Waals surface area contributed by atoms with Crippen molar-refractivity contribution in [1.82, 2.24) is 15.1 Å². The van der Waals surface area contributed by atoms with Crippen LogP contribution in [-0.4, -0.2) is 60.9 Å². The zero-order valence-electron chi connectivity index (χ0n) is 12.1. The van der Waals surface area contributed by atoms with Crippen molar-refractivity contribution in [2.75, 3.05) is 39.3 Å². The molecule has 5 nitrogen and oxygen atoms in total. The summed E-state index contributed by atoms with van der Waals surface area (Å²) in [6, 6.07) is 7.12. The van der Waals surface area contributed by atoms with Crippen LogP contribution in [0, 0.1) is 0 Å². The van der Waals surface area contributed by atoms with Crippen LogP contribution in [0.15, 0.2) is 28.7 Å². The number of rotatable bonds is 4. The Morgan fingerprint density at radius 3 is 2.57 bits per heavy atom. The molecule has 1 N–H and O–H groups in total. The lowest BCUT2D eigenvalue weighted by Gasteiger charge is -2.34. The molecular weight excluding hydrogens is 334 g/mol. The van der Waals surface area contributed by atoms with Crippen molar-refractivity contribution in [2.45, 2.75) is 6.92 Å². The van der Waals surface area contributed by atoms with Gasteiger partial charge in [-0.15, -0.1) is 0 Å². The van der Waals surface area contributed by atoms with E-state index in [9.17, 15) is 9.59 Å². The summed E-state index contributed by atoms with van der Waals surface area (Å²) >= 11 is 3.33. The largest absolute Gasteiger partial charge is 0.343 e. The van der Waals surface area contributed by atoms with Crippen molar-refractivity contribution in [2.24, 2.45) is 0 Å². The lowest BCUT2D eigenvalue weighted by atomic mass is 10.2. The van der Waals surface area contributed by atoms with Gasteiger partial charge in [-0.25, -0.2) is 0 Å². The van der Waals surface area contributed by atoms with Crippen molar-refractivity contribution < 1.29 is 9.59 Å². The molecule has 0 aliphatic carbocycles. The van der Waals surface area contributed by atoms with E-state index in [0.717, 1.165) is 37.2 Å². The van der Waals surface area contributed by atoms with Gasteiger partial charge in [-0.3, -0.25) is 9.59 Å². The number of amides is 2. The van der Waals surface area contributed by atoms with Crippen LogP contribution in [0.3, 0.4) is 0 Å². The molecule has 0 atom stereocenters. The van der Waals surface area contributed by atoms with Gasteiger partial charge in [0, 0.05) is 36.2 Å². The maximum atomic E-state index is 12.1. The molecule has 0 aromatic heterocycles. The highest BCUT2D eigenvalue weighted by Crippen LogP contribution is 2.11. The standard InChI is InChI=1S/C15H20BrN3O2/c1-2-18-6-8-19(9-7-18)14(20)11-17-15(21)12-4-3-5-13(16)10-12/h3-5,10H,2,6-9,11H2,1H3,(H,17,21). The first-order valence-corrected chi connectivity index (χ1v) is 7.93. The minimum Gasteiger partial charge on any atom is -0.343 e. The van der Waals surface area contributed by atoms with Gasteiger partial charge in [0.1, 0.15) is 0 Å². The number of benzene rings is 1. The van der Waals surface area contributed by atoms with E-state index in [-0.39, 0.29) is 18.4 Å². The number of piperazine rings is 1. The van der Waals surface area contributed by atoms with Crippen LogP contribution >= 0.6 is 15.9 Å². The number of carbonyl (C=O) groups is 2. The smallest absolute Gasteiger partial charge is 0.251 e. The van der Waals surface area contributed by atoms with Crippen molar-refractivity contribution in [1.29, 1.82) is 0 Å². The number of hydrogen-bond acceptors (Lipinski definition) is 3. The average Bonchev–Trinajstić information content (AvgIpc) is 2.52. The molecule has 1 heterocycles. The summed E-state index contributed by atoms with van der Waals surface area (Å²) in [5, 5.41) is 2.68. The van der Waals surface area contributed by atoms with E-state index in [4.69, 9.17) is 0 Å². The van der Waals surface area contributed by atoms with E-state index in [1.165, 1.54) is 0 Å². The molecule has 0 bridgehead atoms. The van der Waals surface area contributed by atoms with Gasteiger partial charge < -0.3 is 15.1 Å². The maximum Gasteiger partial charge on any atom is 0.251 e. The minimum absolute atomic E-state index is 0.0194. The molecule has 21 heavy (non-hydrogen) atoms. The Labute approximate surface area is 133 Å². The number of carbonyl (C=O) groups excluding carboxylic acids is 2. The summed E-state index contributed by atoms with van der Waals surface area (Å²) in [5.74, 6) is -0.244. The van der Waals surface area contributed by atoms with Crippen LogP contribution in [-0.2, 0) is 4.79 Å². The van der Waals surface area contributed by atoms with Crippen LogP contribution in [0.25, 0.3) is 0 Å². The third-order valence-corrected chi connectivity index (χ3v) is 4.15. The lowest BCUT2D eigenvalue weighted by molar-refractivity contribution is -0.131. The van der Waals surface area contributed by atoms with Gasteiger partial charge in [0.05, 0.1) is 6.54 Å². The highest BCUT2D eigenvalue weighted by molar-refractivity contribution is 9.10. The van der Waals surface area contributed by atoms with Gasteiger partial charge >= 0.3 is 0 Å². The predicted octanol–water partition coefficient (Wildman–Crippen LogP) is 1.34. The highest BCUT2D eigenvalue weighted by atomic mass is 79.9. The van der Waals surface area contributed by atoms with Crippen LogP contribution in [0.1, 0.15) is 17.3 Å². The van der Waals surface area contributed by atoms with Crippen molar-refractivity contribution >= 4 is 27.7 Å². The van der Waals surface area contributed by atoms with Crippen molar-refractivity contribution in [3.63, 3.8) is 0 Å². The Morgan fingerprint density at radius 2 is 1.95 bits per heavy atom. The van der Waals surface area contributed by atoms with Gasteiger partial charge in [0.2, 0.25) is 5.91 Å². The van der Waals surface area contributed by atoms with E-state index < -0.39 is 0 Å². The first-order valence-electron chi connectivity index (χ1n) is 7.14. The number of nitrogens with one attached hydrogen (secondary N) is 1. The molecule has 0 saturated carbocycles. The molecule has 1 saturated heterocycles. The van der Waals surface area contributed by atoms with Gasteiger partial charge in [0.15, 0.2) is 0 Å². The normalized spacial score (nSPS) is 15.8. The summed E-state index contributed by atoms with van der Waals surface area (Å²) in [6.07, 6.45) is 0. The third kappa shape index (κ3) is 4.54. The molecule has 2 amide bonds. The summed E-state index contributed by atoms with van der Waals surface area (Å²) in [4.78, 5) is 28.2. The Morgan fingerprint density at radius 1 is 1.24 bits per heavy atom. The first-order chi connectivity index (χ1) is 10.1. The predicted molar refractivity (Wildman–Crippen MR) is 85.2 cm³/mol. The first kappa shape index (κ1) is 16.0. The van der Waals surface area contributed by atoms with Crippen molar-refractivity contribution in [3.8, 4) is 0 Å². The Hall–Kier alpha value is -1.40. The fraction of sp³-hybridized carbons (Fsp3) is 0.467. The molecule has 0 spiro atoms. The molecule has 1 aromatic carbocycles. The van der Waals surface area contributed by atoms with E-state index in [1.54, 1.807) is 18.2 Å². The van der Waals surface area contributed by atoms with Gasteiger partial charge in [0.25, 0.3) is 5.91 Å². The van der Waals surface area contributed by atoms with Crippen LogP contribution in [0.5, 0.6) is 0 Å². The molecule has 1 fully saturated rings. The number of halogens is 1. The molecule has 1 aliphatic heterocycles. The third-order valence-electron chi connectivity index (χ3n) is 3.66. The second-order valence-electron chi connectivity index (χ2n) is 5.01. The van der Waals surface area contributed by atoms with Crippen molar-refractivity contribution in [3.05, 3.63) is 34.3 Å². The summed E-state index contributed by atoms with van der Waals surface area (Å²) in [7, 11) is 0. The quantitative estimate of drug-likeness (QED) is 0.888. The van der Waals surface area contributed by atoms with Crippen LogP contribution < -0.4 is 5.32 Å². The molecule has 1 aliphatic rings. The lowest BCUT2D eigenvalue weighted by Crippen LogP contribution is -2.51. The molecule has 114 valence electrons. The van der Waals surface area contributed by atoms with E-state index in [0.29, 0.717) is 5.56 Å². The zero-order chi connectivity index (χ0) is 15.2. The SMILES string of the molecule is CCN1CCN(C(=O)CNC(=O)c2cccc(Br)c2)CC1. The number of hydrogen-bond donors (Lipinski definition) is 1. The fourth-order valence-electron chi connectivity index (χ4n) is 2.31. The topological polar surface area (TPSA) is 52.6 Å². The Bertz CT molecular complexity index is 513. The van der Waals surface area contributed by atoms with Gasteiger partial charge in [-0.1, -0.05) is 28.9 Å². The molecule has 1 aromatic rings. The second kappa shape index (κ2) is 7.56. The average molecular weight is 354 g/mol. The molecule has 2 rings (SSSR count). The Kier molecular flexibility index (Phi) is 5.76. The molecule has 6 heteroatoms. The Balaban J connectivity index is 1.80. The number of likely N-dealkylation sites (N-methyl/N-ethyl adjacent to an activating group) is 1. The zero-order valence-corrected chi connectivity index (χ0v) is 13.7. The van der Waals surface area contributed by atoms with E-state index in [2.05, 4.69) is 33.1 Å². The monoisotopic (exact) mass is 353 g/mol. The molecule has 0 radical (unpaired) electrons. The fourth-order valence-corrected chi connectivity index (χ4v) is 2.71. The highest BCUT2D eigenvalue weighted by Gasteiger charge is 2.20. The molecule has 0 unspecified atom stereocenters. The summed E-state index contributed by atoms with van der Waals surface area (Å²) in [6.45, 7) is 6.47. The molecular formula is C15H20BrN3O2. The maximum absolute atomic E-state index is 12.1. The van der Waals surface area contributed by atoms with Gasteiger partial charge in [-0.05, 0) is 24.7 Å². The van der Waals surface area contributed by atoms with E-state index in [1.807, 2.05) is 11.0 Å². The minimum atomic E-state index is -0.225. The van der Waals surface area contributed by atoms with Crippen LogP contribution in [0.4, 0.5) is 0 Å². The van der Waals surface area contributed by atoms with E-state index >= 15 is 0 Å². The number of nitrogens with zero attached hydrogens (tertiary/aromatic N) is 2. The van der Waals surface area contributed by atoms with Crippen LogP contribution in [0.2, 0.25) is 0 Å².